The molecular formula is C14H14N4O3S. The molecule has 2 aromatic heterocycles. The third-order valence-corrected chi connectivity index (χ3v) is 4.21. The number of rotatable bonds is 4. The van der Waals surface area contributed by atoms with Crippen LogP contribution >= 0.6 is 0 Å². The van der Waals surface area contributed by atoms with E-state index in [-0.39, 0.29) is 4.90 Å². The van der Waals surface area contributed by atoms with Crippen molar-refractivity contribution in [1.29, 1.82) is 0 Å². The summed E-state index contributed by atoms with van der Waals surface area (Å²) in [5.41, 5.74) is 1.92. The summed E-state index contributed by atoms with van der Waals surface area (Å²) in [5.74, 6) is 1.01. The van der Waals surface area contributed by atoms with Gasteiger partial charge in [-0.05, 0) is 25.1 Å². The minimum Gasteiger partial charge on any atom is -0.493 e. The van der Waals surface area contributed by atoms with Gasteiger partial charge in [-0.2, -0.15) is 0 Å². The summed E-state index contributed by atoms with van der Waals surface area (Å²) in [6, 6.07) is 4.71. The standard InChI is InChI=1S/C14H14N4O3S/c1-3-21-12-6-9(22(2,19)20)4-5-10(12)13-17-11-7-15-8-16-14(11)18-13/h4-8H,3H2,1-2H3,(H,15,16,17,18). The van der Waals surface area contributed by atoms with E-state index in [9.17, 15) is 8.42 Å². The summed E-state index contributed by atoms with van der Waals surface area (Å²) in [4.78, 5) is 15.7. The molecule has 3 rings (SSSR count). The van der Waals surface area contributed by atoms with E-state index >= 15 is 0 Å². The van der Waals surface area contributed by atoms with E-state index in [1.807, 2.05) is 6.92 Å². The van der Waals surface area contributed by atoms with Crippen LogP contribution in [-0.4, -0.2) is 41.2 Å². The predicted octanol–water partition coefficient (Wildman–Crippen LogP) is 1.82. The highest BCUT2D eigenvalue weighted by molar-refractivity contribution is 7.90. The van der Waals surface area contributed by atoms with Crippen molar-refractivity contribution in [3.63, 3.8) is 0 Å². The molecule has 0 fully saturated rings. The minimum absolute atomic E-state index is 0.204. The second-order valence-electron chi connectivity index (χ2n) is 4.71. The van der Waals surface area contributed by atoms with Gasteiger partial charge in [0.1, 0.15) is 23.4 Å². The summed E-state index contributed by atoms with van der Waals surface area (Å²) in [5, 5.41) is 0. The number of nitrogens with one attached hydrogen (secondary N) is 1. The molecule has 8 heteroatoms. The van der Waals surface area contributed by atoms with Gasteiger partial charge >= 0.3 is 0 Å². The molecule has 114 valence electrons. The van der Waals surface area contributed by atoms with Crippen LogP contribution in [-0.2, 0) is 9.84 Å². The highest BCUT2D eigenvalue weighted by Gasteiger charge is 2.16. The average molecular weight is 318 g/mol. The van der Waals surface area contributed by atoms with Gasteiger partial charge in [0.05, 0.1) is 23.3 Å². The van der Waals surface area contributed by atoms with Crippen molar-refractivity contribution in [3.8, 4) is 17.1 Å². The number of hydrogen-bond acceptors (Lipinski definition) is 6. The Morgan fingerprint density at radius 2 is 2.14 bits per heavy atom. The number of H-pyrrole nitrogens is 1. The van der Waals surface area contributed by atoms with Crippen molar-refractivity contribution in [2.45, 2.75) is 11.8 Å². The van der Waals surface area contributed by atoms with Gasteiger partial charge in [0.15, 0.2) is 15.5 Å². The maximum atomic E-state index is 11.7. The third kappa shape index (κ3) is 2.64. The van der Waals surface area contributed by atoms with Crippen molar-refractivity contribution < 1.29 is 13.2 Å². The molecule has 2 heterocycles. The number of ether oxygens (including phenoxy) is 1. The molecule has 1 aromatic carbocycles. The topological polar surface area (TPSA) is 97.8 Å². The Kier molecular flexibility index (Phi) is 3.53. The molecule has 1 N–H and O–H groups in total. The smallest absolute Gasteiger partial charge is 0.181 e. The molecule has 0 radical (unpaired) electrons. The van der Waals surface area contributed by atoms with Crippen LogP contribution in [0.3, 0.4) is 0 Å². The van der Waals surface area contributed by atoms with Gasteiger partial charge < -0.3 is 9.72 Å². The zero-order chi connectivity index (χ0) is 15.7. The molecule has 0 aliphatic heterocycles. The highest BCUT2D eigenvalue weighted by atomic mass is 32.2. The molecule has 0 spiro atoms. The number of hydrogen-bond donors (Lipinski definition) is 1. The quantitative estimate of drug-likeness (QED) is 0.788. The molecule has 0 atom stereocenters. The molecule has 0 amide bonds. The van der Waals surface area contributed by atoms with Gasteiger partial charge in [0.2, 0.25) is 0 Å². The zero-order valence-electron chi connectivity index (χ0n) is 12.1. The van der Waals surface area contributed by atoms with Crippen molar-refractivity contribution >= 4 is 21.0 Å². The number of fused-ring (bicyclic) bond motifs is 1. The van der Waals surface area contributed by atoms with E-state index in [0.29, 0.717) is 34.9 Å². The first-order valence-corrected chi connectivity index (χ1v) is 8.51. The Hall–Kier alpha value is -2.48. The molecule has 7 nitrogen and oxygen atoms in total. The molecular weight excluding hydrogens is 304 g/mol. The number of imidazole rings is 1. The van der Waals surface area contributed by atoms with Gasteiger partial charge in [-0.25, -0.2) is 23.4 Å². The lowest BCUT2D eigenvalue weighted by Gasteiger charge is -2.10. The number of sulfone groups is 1. The second kappa shape index (κ2) is 5.38. The van der Waals surface area contributed by atoms with Crippen LogP contribution in [0.15, 0.2) is 35.6 Å². The second-order valence-corrected chi connectivity index (χ2v) is 6.72. The molecule has 0 saturated heterocycles. The van der Waals surface area contributed by atoms with Gasteiger partial charge in [-0.15, -0.1) is 0 Å². The lowest BCUT2D eigenvalue weighted by Crippen LogP contribution is -2.00. The van der Waals surface area contributed by atoms with Gasteiger partial charge in [0.25, 0.3) is 0 Å². The Labute approximate surface area is 127 Å². The average Bonchev–Trinajstić information content (AvgIpc) is 2.90. The summed E-state index contributed by atoms with van der Waals surface area (Å²) in [7, 11) is -3.30. The van der Waals surface area contributed by atoms with Gasteiger partial charge in [-0.3, -0.25) is 0 Å². The van der Waals surface area contributed by atoms with E-state index in [2.05, 4.69) is 19.9 Å². The van der Waals surface area contributed by atoms with Crippen molar-refractivity contribution in [2.75, 3.05) is 12.9 Å². The first-order chi connectivity index (χ1) is 10.5. The number of benzene rings is 1. The first kappa shape index (κ1) is 14.5. The largest absolute Gasteiger partial charge is 0.493 e. The molecule has 3 aromatic rings. The Morgan fingerprint density at radius 3 is 2.82 bits per heavy atom. The summed E-state index contributed by atoms with van der Waals surface area (Å²) >= 11 is 0. The van der Waals surface area contributed by atoms with Crippen LogP contribution in [0, 0.1) is 0 Å². The van der Waals surface area contributed by atoms with E-state index < -0.39 is 9.84 Å². The zero-order valence-corrected chi connectivity index (χ0v) is 12.9. The SMILES string of the molecule is CCOc1cc(S(C)(=O)=O)ccc1-c1nc2ncncc2[nH]1. The summed E-state index contributed by atoms with van der Waals surface area (Å²) < 4.78 is 28.9. The third-order valence-electron chi connectivity index (χ3n) is 3.10. The van der Waals surface area contributed by atoms with E-state index in [1.165, 1.54) is 18.5 Å². The summed E-state index contributed by atoms with van der Waals surface area (Å²) in [6.45, 7) is 2.25. The molecule has 0 unspecified atom stereocenters. The fourth-order valence-electron chi connectivity index (χ4n) is 2.09. The van der Waals surface area contributed by atoms with Crippen LogP contribution in [0.5, 0.6) is 5.75 Å². The monoisotopic (exact) mass is 318 g/mol. The molecule has 0 saturated carbocycles. The fraction of sp³-hybridized carbons (Fsp3) is 0.214. The number of aromatic amines is 1. The highest BCUT2D eigenvalue weighted by Crippen LogP contribution is 2.31. The number of aromatic nitrogens is 4. The fourth-order valence-corrected chi connectivity index (χ4v) is 2.73. The Balaban J connectivity index is 2.16. The van der Waals surface area contributed by atoms with Crippen LogP contribution in [0.2, 0.25) is 0 Å². The van der Waals surface area contributed by atoms with Gasteiger partial charge in [0, 0.05) is 6.26 Å². The van der Waals surface area contributed by atoms with Crippen LogP contribution in [0.25, 0.3) is 22.6 Å². The van der Waals surface area contributed by atoms with Crippen molar-refractivity contribution in [2.24, 2.45) is 0 Å². The molecule has 0 aliphatic carbocycles. The normalized spacial score (nSPS) is 11.7. The first-order valence-electron chi connectivity index (χ1n) is 6.62. The lowest BCUT2D eigenvalue weighted by atomic mass is 10.2. The van der Waals surface area contributed by atoms with Crippen LogP contribution in [0.4, 0.5) is 0 Å². The van der Waals surface area contributed by atoms with Crippen molar-refractivity contribution in [1.82, 2.24) is 19.9 Å². The lowest BCUT2D eigenvalue weighted by molar-refractivity contribution is 0.340. The van der Waals surface area contributed by atoms with Gasteiger partial charge in [-0.1, -0.05) is 0 Å². The molecule has 22 heavy (non-hydrogen) atoms. The van der Waals surface area contributed by atoms with Crippen LogP contribution in [0.1, 0.15) is 6.92 Å². The number of nitrogens with zero attached hydrogens (tertiary/aromatic N) is 3. The minimum atomic E-state index is -3.30. The molecule has 0 bridgehead atoms. The maximum absolute atomic E-state index is 11.7. The van der Waals surface area contributed by atoms with E-state index in [1.54, 1.807) is 12.3 Å². The van der Waals surface area contributed by atoms with Crippen LogP contribution < -0.4 is 4.74 Å². The maximum Gasteiger partial charge on any atom is 0.181 e. The van der Waals surface area contributed by atoms with Crippen molar-refractivity contribution in [3.05, 3.63) is 30.7 Å². The predicted molar refractivity (Wildman–Crippen MR) is 81.4 cm³/mol. The molecule has 0 aliphatic rings. The summed E-state index contributed by atoms with van der Waals surface area (Å²) in [6.07, 6.45) is 4.21. The Bertz CT molecular complexity index is 901. The Morgan fingerprint density at radius 1 is 1.32 bits per heavy atom. The van der Waals surface area contributed by atoms with E-state index in [0.717, 1.165) is 6.26 Å². The van der Waals surface area contributed by atoms with E-state index in [4.69, 9.17) is 4.74 Å².